The summed E-state index contributed by atoms with van der Waals surface area (Å²) in [5.74, 6) is -2.65. The average Bonchev–Trinajstić information content (AvgIpc) is 2.82. The number of ether oxygens (including phenoxy) is 4. The highest BCUT2D eigenvalue weighted by atomic mass is 16.6. The van der Waals surface area contributed by atoms with Gasteiger partial charge in [0.25, 0.3) is 0 Å². The van der Waals surface area contributed by atoms with Gasteiger partial charge in [-0.1, -0.05) is 26.3 Å². The van der Waals surface area contributed by atoms with Crippen LogP contribution in [0, 0.1) is 0 Å². The number of esters is 2. The second kappa shape index (κ2) is 30.6. The lowest BCUT2D eigenvalue weighted by Crippen LogP contribution is -2.11. The molecule has 40 heavy (non-hydrogen) atoms. The van der Waals surface area contributed by atoms with Gasteiger partial charge in [-0.3, -0.25) is 0 Å². The normalized spacial score (nSPS) is 8.25. The van der Waals surface area contributed by atoms with Crippen LogP contribution in [-0.2, 0) is 38.1 Å². The monoisotopic (exact) mass is 576 g/mol. The highest BCUT2D eigenvalue weighted by molar-refractivity contribution is 5.87. The van der Waals surface area contributed by atoms with Crippen molar-refractivity contribution in [1.29, 1.82) is 0 Å². The van der Waals surface area contributed by atoms with Gasteiger partial charge in [-0.25, -0.2) is 28.8 Å². The van der Waals surface area contributed by atoms with Crippen molar-refractivity contribution in [2.24, 2.45) is 11.5 Å². The SMILES string of the molecule is C=C(C)C(=O)O.C=C(C)C(=O)O.C=C(C)C(=O)OCCCCOC(=O)C(=C)C.CCOC(N)=O.CCOC(N)=O. The van der Waals surface area contributed by atoms with Crippen LogP contribution in [0.2, 0.25) is 0 Å². The van der Waals surface area contributed by atoms with E-state index < -0.39 is 24.1 Å². The second-order valence-corrected chi connectivity index (χ2v) is 7.21. The zero-order chi connectivity index (χ0) is 32.8. The molecule has 0 saturated carbocycles. The van der Waals surface area contributed by atoms with E-state index in [4.69, 9.17) is 19.7 Å². The molecule has 0 aliphatic heterocycles. The van der Waals surface area contributed by atoms with E-state index in [0.29, 0.717) is 50.4 Å². The molecule has 0 aromatic carbocycles. The first-order valence-corrected chi connectivity index (χ1v) is 11.5. The highest BCUT2D eigenvalue weighted by Gasteiger charge is 2.04. The Bertz CT molecular complexity index is 770. The van der Waals surface area contributed by atoms with Gasteiger partial charge >= 0.3 is 36.1 Å². The summed E-state index contributed by atoms with van der Waals surface area (Å²) < 4.78 is 18.1. The van der Waals surface area contributed by atoms with Crippen LogP contribution >= 0.6 is 0 Å². The van der Waals surface area contributed by atoms with Gasteiger partial charge < -0.3 is 40.6 Å². The number of unbranched alkanes of at least 4 members (excludes halogenated alkanes) is 1. The summed E-state index contributed by atoms with van der Waals surface area (Å²) in [4.78, 5) is 60.3. The molecule has 0 aliphatic rings. The summed E-state index contributed by atoms with van der Waals surface area (Å²) in [5.41, 5.74) is 10.2. The van der Waals surface area contributed by atoms with Gasteiger partial charge in [0.05, 0.1) is 26.4 Å². The third kappa shape index (κ3) is 50.3. The number of carbonyl (C=O) groups excluding carboxylic acids is 4. The molecule has 0 aromatic heterocycles. The largest absolute Gasteiger partial charge is 0.478 e. The minimum Gasteiger partial charge on any atom is -0.478 e. The molecule has 0 bridgehead atoms. The Hall–Kier alpha value is -4.62. The van der Waals surface area contributed by atoms with Crippen molar-refractivity contribution < 1.29 is 57.9 Å². The third-order valence-corrected chi connectivity index (χ3v) is 3.01. The summed E-state index contributed by atoms with van der Waals surface area (Å²) in [5, 5.41) is 15.8. The van der Waals surface area contributed by atoms with Gasteiger partial charge in [0.15, 0.2) is 0 Å². The predicted molar refractivity (Wildman–Crippen MR) is 148 cm³/mol. The van der Waals surface area contributed by atoms with Crippen LogP contribution in [0.25, 0.3) is 0 Å². The van der Waals surface area contributed by atoms with Crippen LogP contribution in [-0.4, -0.2) is 72.7 Å². The number of rotatable bonds is 11. The van der Waals surface area contributed by atoms with Gasteiger partial charge in [0.1, 0.15) is 0 Å². The smallest absolute Gasteiger partial charge is 0.404 e. The first-order chi connectivity index (χ1) is 18.3. The molecule has 230 valence electrons. The second-order valence-electron chi connectivity index (χ2n) is 7.21. The van der Waals surface area contributed by atoms with E-state index >= 15 is 0 Å². The van der Waals surface area contributed by atoms with Crippen molar-refractivity contribution in [2.75, 3.05) is 26.4 Å². The molecule has 0 saturated heterocycles. The Balaban J connectivity index is -0.000000142. The third-order valence-electron chi connectivity index (χ3n) is 3.01. The Kier molecular flexibility index (Phi) is 34.7. The van der Waals surface area contributed by atoms with Crippen LogP contribution in [0.1, 0.15) is 54.4 Å². The lowest BCUT2D eigenvalue weighted by atomic mass is 10.3. The van der Waals surface area contributed by atoms with Gasteiger partial charge in [-0.2, -0.15) is 0 Å². The molecule has 0 aromatic rings. The zero-order valence-electron chi connectivity index (χ0n) is 24.2. The van der Waals surface area contributed by atoms with Crippen LogP contribution in [0.5, 0.6) is 0 Å². The maximum absolute atomic E-state index is 11.0. The van der Waals surface area contributed by atoms with E-state index in [1.54, 1.807) is 27.7 Å². The molecule has 0 atom stereocenters. The molecule has 0 spiro atoms. The molecule has 14 heteroatoms. The number of carboxylic acids is 2. The fraction of sp³-hybridized carbons (Fsp3) is 0.462. The van der Waals surface area contributed by atoms with E-state index in [-0.39, 0.29) is 23.1 Å². The zero-order valence-corrected chi connectivity index (χ0v) is 24.2. The van der Waals surface area contributed by atoms with Gasteiger partial charge in [-0.05, 0) is 54.4 Å². The predicted octanol–water partition coefficient (Wildman–Crippen LogP) is 3.50. The van der Waals surface area contributed by atoms with E-state index in [9.17, 15) is 28.8 Å². The minimum absolute atomic E-state index is 0.176. The summed E-state index contributed by atoms with van der Waals surface area (Å²) in [7, 11) is 0. The first-order valence-electron chi connectivity index (χ1n) is 11.5. The van der Waals surface area contributed by atoms with Crippen molar-refractivity contribution in [3.05, 3.63) is 48.6 Å². The Morgan fingerprint density at radius 2 is 0.775 bits per heavy atom. The molecule has 0 aliphatic carbocycles. The minimum atomic E-state index is -0.935. The maximum atomic E-state index is 11.0. The van der Waals surface area contributed by atoms with Crippen molar-refractivity contribution in [2.45, 2.75) is 54.4 Å². The molecular formula is C26H44N2O12. The molecule has 0 radical (unpaired) electrons. The summed E-state index contributed by atoms with van der Waals surface area (Å²) in [6.45, 7) is 24.1. The van der Waals surface area contributed by atoms with E-state index in [1.807, 2.05) is 0 Å². The van der Waals surface area contributed by atoms with Crippen LogP contribution in [0.4, 0.5) is 9.59 Å². The summed E-state index contributed by atoms with van der Waals surface area (Å²) in [6.07, 6.45) is -0.111. The first kappa shape index (κ1) is 45.3. The number of hydrogen-bond donors (Lipinski definition) is 4. The topological polar surface area (TPSA) is 232 Å². The summed E-state index contributed by atoms with van der Waals surface area (Å²) >= 11 is 0. The van der Waals surface area contributed by atoms with E-state index in [0.717, 1.165) is 0 Å². The molecule has 2 amide bonds. The molecule has 0 fully saturated rings. The number of hydrogen-bond acceptors (Lipinski definition) is 10. The number of nitrogens with two attached hydrogens (primary N) is 2. The molecule has 0 unspecified atom stereocenters. The fourth-order valence-electron chi connectivity index (χ4n) is 1.06. The lowest BCUT2D eigenvalue weighted by molar-refractivity contribution is -0.141. The number of carboxylic acid groups (broad SMARTS) is 2. The Morgan fingerprint density at radius 3 is 0.875 bits per heavy atom. The van der Waals surface area contributed by atoms with Crippen LogP contribution < -0.4 is 11.5 Å². The van der Waals surface area contributed by atoms with Crippen molar-refractivity contribution in [3.63, 3.8) is 0 Å². The van der Waals surface area contributed by atoms with E-state index in [1.165, 1.54) is 13.8 Å². The highest BCUT2D eigenvalue weighted by Crippen LogP contribution is 1.98. The Morgan fingerprint density at radius 1 is 0.550 bits per heavy atom. The molecule has 14 nitrogen and oxygen atoms in total. The summed E-state index contributed by atoms with van der Waals surface area (Å²) in [6, 6.07) is 0. The number of amides is 2. The van der Waals surface area contributed by atoms with Crippen molar-refractivity contribution in [1.82, 2.24) is 0 Å². The molecule has 6 N–H and O–H groups in total. The lowest BCUT2D eigenvalue weighted by Gasteiger charge is -2.05. The van der Waals surface area contributed by atoms with Gasteiger partial charge in [-0.15, -0.1) is 0 Å². The maximum Gasteiger partial charge on any atom is 0.404 e. The van der Waals surface area contributed by atoms with Crippen molar-refractivity contribution in [3.8, 4) is 0 Å². The molecule has 0 heterocycles. The number of carbonyl (C=O) groups is 6. The standard InChI is InChI=1S/C12H18O4.2C4H6O2.2C3H7NO2/c1-9(2)11(13)15-7-5-6-8-16-12(14)10(3)4;2*1-3(2)4(5)6;2*1-2-6-3(4)5/h1,3,5-8H2,2,4H3;2*1H2,2H3,(H,5,6);2*2H2,1H3,(H2,4,5). The Labute approximate surface area is 235 Å². The molecule has 0 rings (SSSR count). The number of primary amides is 2. The fourth-order valence-corrected chi connectivity index (χ4v) is 1.06. The van der Waals surface area contributed by atoms with Gasteiger partial charge in [0, 0.05) is 22.3 Å². The quantitative estimate of drug-likeness (QED) is 0.120. The van der Waals surface area contributed by atoms with E-state index in [2.05, 4.69) is 47.3 Å². The average molecular weight is 577 g/mol. The number of aliphatic carboxylic acids is 2. The molecular weight excluding hydrogens is 532 g/mol. The van der Waals surface area contributed by atoms with Crippen LogP contribution in [0.15, 0.2) is 48.6 Å². The van der Waals surface area contributed by atoms with Crippen LogP contribution in [0.3, 0.4) is 0 Å². The van der Waals surface area contributed by atoms with Gasteiger partial charge in [0.2, 0.25) is 0 Å². The van der Waals surface area contributed by atoms with Crippen molar-refractivity contribution >= 4 is 36.1 Å².